The summed E-state index contributed by atoms with van der Waals surface area (Å²) in [6.45, 7) is 62.7. The van der Waals surface area contributed by atoms with Gasteiger partial charge >= 0.3 is 0 Å². The van der Waals surface area contributed by atoms with E-state index in [0.29, 0.717) is 0 Å². The summed E-state index contributed by atoms with van der Waals surface area (Å²) in [5, 5.41) is 13.0. The molecule has 0 aliphatic heterocycles. The van der Waals surface area contributed by atoms with Crippen molar-refractivity contribution in [2.75, 3.05) is 0 Å². The van der Waals surface area contributed by atoms with E-state index in [4.69, 9.17) is 4.42 Å². The lowest BCUT2D eigenvalue weighted by Crippen LogP contribution is -1.92. The third-order valence-corrected chi connectivity index (χ3v) is 14.9. The first-order valence-electron chi connectivity index (χ1n) is 36.7. The fourth-order valence-electron chi connectivity index (χ4n) is 10.1. The normalized spacial score (nSPS) is 9.21. The number of para-hydroxylation sites is 3. The Hall–Kier alpha value is -8.78. The molecule has 0 fully saturated rings. The van der Waals surface area contributed by atoms with E-state index in [9.17, 15) is 0 Å². The van der Waals surface area contributed by atoms with Crippen LogP contribution >= 0.6 is 11.3 Å². The molecule has 0 unspecified atom stereocenters. The minimum Gasteiger partial charge on any atom is -0.467 e. The minimum atomic E-state index is 0.839. The monoisotopic (exact) mass is 1350 g/mol. The predicted octanol–water partition coefficient (Wildman–Crippen LogP) is 29.7. The zero-order valence-electron chi connectivity index (χ0n) is 67.6. The van der Waals surface area contributed by atoms with Crippen molar-refractivity contribution in [3.05, 3.63) is 272 Å². The van der Waals surface area contributed by atoms with Crippen molar-refractivity contribution in [3.8, 4) is 0 Å². The molecule has 6 heterocycles. The summed E-state index contributed by atoms with van der Waals surface area (Å²) in [7, 11) is 2.12. The average molecular weight is 1350 g/mol. The quantitative estimate of drug-likeness (QED) is 0.142. The third kappa shape index (κ3) is 30.5. The number of hydrogen-bond donors (Lipinski definition) is 0. The fraction of sp³-hybridized carbons (Fsp3) is 0.348. The van der Waals surface area contributed by atoms with Gasteiger partial charge in [-0.05, 0) is 189 Å². The third-order valence-electron chi connectivity index (χ3n) is 14.0. The predicted molar refractivity (Wildman–Crippen MR) is 452 cm³/mol. The Bertz CT molecular complexity index is 4100. The summed E-state index contributed by atoms with van der Waals surface area (Å²) in [4.78, 5) is 20.3. The van der Waals surface area contributed by atoms with E-state index >= 15 is 0 Å². The Balaban J connectivity index is 0. The van der Waals surface area contributed by atoms with Crippen LogP contribution in [0.3, 0.4) is 0 Å². The number of hydrogen-bond acceptors (Lipinski definition) is 6. The topological polar surface area (TPSA) is 69.6 Å². The van der Waals surface area contributed by atoms with Crippen molar-refractivity contribution in [1.82, 2.24) is 24.5 Å². The molecule has 0 bridgehead atoms. The Labute approximate surface area is 606 Å². The highest BCUT2D eigenvalue weighted by Gasteiger charge is 2.07. The number of fused-ring (bicyclic) bond motifs is 9. The molecule has 0 aliphatic rings. The zero-order chi connectivity index (χ0) is 75.7. The first kappa shape index (κ1) is 92.3. The number of aryl methyl sites for hydroxylation is 14. The van der Waals surface area contributed by atoms with Crippen molar-refractivity contribution in [1.29, 1.82) is 0 Å². The summed E-state index contributed by atoms with van der Waals surface area (Å²) in [6, 6.07) is 69.9. The Morgan fingerprint density at radius 3 is 1.14 bits per heavy atom. The van der Waals surface area contributed by atoms with Gasteiger partial charge in [-0.2, -0.15) is 0 Å². The van der Waals surface area contributed by atoms with E-state index in [2.05, 4.69) is 226 Å². The number of aromatic nitrogens is 5. The van der Waals surface area contributed by atoms with Crippen LogP contribution in [-0.2, 0) is 7.05 Å². The van der Waals surface area contributed by atoms with Gasteiger partial charge in [-0.3, -0.25) is 9.97 Å². The summed E-state index contributed by atoms with van der Waals surface area (Å²) in [5.41, 5.74) is 14.3. The van der Waals surface area contributed by atoms with Crippen LogP contribution in [0.1, 0.15) is 197 Å². The highest BCUT2D eigenvalue weighted by atomic mass is 32.1. The van der Waals surface area contributed by atoms with E-state index in [-0.39, 0.29) is 0 Å². The molecular formula is C92H129N5OS. The molecule has 0 saturated carbocycles. The molecule has 99 heavy (non-hydrogen) atoms. The first-order chi connectivity index (χ1) is 47.9. The van der Waals surface area contributed by atoms with Gasteiger partial charge in [0.2, 0.25) is 0 Å². The summed E-state index contributed by atoms with van der Waals surface area (Å²) in [6.07, 6.45) is 0. The van der Waals surface area contributed by atoms with Gasteiger partial charge in [-0.15, -0.1) is 11.3 Å². The van der Waals surface area contributed by atoms with Crippen LogP contribution in [0.15, 0.2) is 205 Å². The lowest BCUT2D eigenvalue weighted by Gasteiger charge is -2.05. The number of rotatable bonds is 0. The lowest BCUT2D eigenvalue weighted by atomic mass is 9.99. The van der Waals surface area contributed by atoms with Crippen molar-refractivity contribution >= 4 is 87.3 Å². The molecular weight excluding hydrogens is 1220 g/mol. The van der Waals surface area contributed by atoms with Gasteiger partial charge < -0.3 is 8.98 Å². The SMILES string of the molecule is CC.CC.CC.CC.CC.CC.CC.CC.CC.Cc1cc(C)c2ccccc2n1.Cc1cc2ccccc2c(C)n1.Cc1ccc(C)o1.Cc1ccc(C)s1.Cc1ccc2c(c1)c1ccccc1n2C.Cc1ccc2c(ccc3cc(C)ccc32)c1.Cc1nc(C)c2ccccc2n1. The van der Waals surface area contributed by atoms with Gasteiger partial charge in [0, 0.05) is 77.5 Å². The molecule has 0 saturated heterocycles. The molecule has 0 amide bonds. The van der Waals surface area contributed by atoms with E-state index in [1.54, 1.807) is 0 Å². The van der Waals surface area contributed by atoms with Crippen LogP contribution in [0.4, 0.5) is 0 Å². The number of benzene rings is 8. The smallest absolute Gasteiger partial charge is 0.126 e. The molecule has 0 aliphatic carbocycles. The van der Waals surface area contributed by atoms with Gasteiger partial charge in [0.05, 0.1) is 11.0 Å². The number of furan rings is 1. The van der Waals surface area contributed by atoms with Gasteiger partial charge in [0.25, 0.3) is 0 Å². The molecule has 8 aromatic carbocycles. The fourth-order valence-corrected chi connectivity index (χ4v) is 10.9. The molecule has 6 aromatic heterocycles. The van der Waals surface area contributed by atoms with Crippen molar-refractivity contribution in [2.45, 2.75) is 215 Å². The second-order valence-electron chi connectivity index (χ2n) is 21.0. The van der Waals surface area contributed by atoms with E-state index in [1.807, 2.05) is 232 Å². The minimum absolute atomic E-state index is 0.839. The van der Waals surface area contributed by atoms with E-state index in [0.717, 1.165) is 56.5 Å². The van der Waals surface area contributed by atoms with E-state index < -0.39 is 0 Å². The zero-order valence-corrected chi connectivity index (χ0v) is 68.4. The van der Waals surface area contributed by atoms with Gasteiger partial charge in [0.1, 0.15) is 17.3 Å². The maximum atomic E-state index is 5.08. The van der Waals surface area contributed by atoms with Crippen LogP contribution in [0.2, 0.25) is 0 Å². The molecule has 14 rings (SSSR count). The second-order valence-corrected chi connectivity index (χ2v) is 22.5. The first-order valence-corrected chi connectivity index (χ1v) is 37.5. The van der Waals surface area contributed by atoms with Crippen molar-refractivity contribution in [3.63, 3.8) is 0 Å². The molecule has 0 radical (unpaired) electrons. The lowest BCUT2D eigenvalue weighted by molar-refractivity contribution is 0.504. The summed E-state index contributed by atoms with van der Waals surface area (Å²) < 4.78 is 7.34. The molecule has 0 N–H and O–H groups in total. The standard InChI is InChI=1S/C16H14.C14H13N.2C11H11N.C10H10N2.C6H8O.C6H8S.9C2H6/c1-11-3-7-15-13(9-11)5-6-14-10-12(2)4-8-16(14)15;1-10-7-8-14-12(9-10)11-5-3-4-6-13(11)15(14)2;1-8-7-10-5-3-4-6-11(10)9(2)12-8;1-8-7-9(2)12-11-6-4-3-5-10(8)11;1-7-9-5-3-4-6-10(9)12-8(2)11-7;2*1-5-3-4-6(2)7-5;9*1-2/h3-10H,1-2H3;3-9H,1-2H3;2*3-7H,1-2H3;3-6H,1-2H3;2*3-4H,1-2H3;9*1-2H3. The largest absolute Gasteiger partial charge is 0.467 e. The van der Waals surface area contributed by atoms with Crippen LogP contribution in [0.5, 0.6) is 0 Å². The molecule has 0 atom stereocenters. The van der Waals surface area contributed by atoms with Crippen molar-refractivity contribution < 1.29 is 4.42 Å². The van der Waals surface area contributed by atoms with Gasteiger partial charge in [-0.25, -0.2) is 9.97 Å². The Morgan fingerprint density at radius 1 is 0.283 bits per heavy atom. The Kier molecular flexibility index (Phi) is 49.6. The number of nitrogens with zero attached hydrogens (tertiary/aromatic N) is 5. The number of pyridine rings is 2. The maximum Gasteiger partial charge on any atom is 0.126 e. The second kappa shape index (κ2) is 53.2. The van der Waals surface area contributed by atoms with E-state index in [1.165, 1.54) is 91.5 Å². The Morgan fingerprint density at radius 2 is 0.667 bits per heavy atom. The van der Waals surface area contributed by atoms with Gasteiger partial charge in [-0.1, -0.05) is 275 Å². The molecule has 7 heteroatoms. The maximum absolute atomic E-state index is 5.08. The van der Waals surface area contributed by atoms with Crippen LogP contribution in [-0.4, -0.2) is 24.5 Å². The highest BCUT2D eigenvalue weighted by molar-refractivity contribution is 7.11. The van der Waals surface area contributed by atoms with Crippen LogP contribution in [0, 0.1) is 90.0 Å². The summed E-state index contributed by atoms with van der Waals surface area (Å²) >= 11 is 1.84. The van der Waals surface area contributed by atoms with Crippen LogP contribution < -0.4 is 0 Å². The van der Waals surface area contributed by atoms with Crippen LogP contribution in [0.25, 0.3) is 75.9 Å². The summed E-state index contributed by atoms with van der Waals surface area (Å²) in [5.74, 6) is 2.81. The van der Waals surface area contributed by atoms with Gasteiger partial charge in [0.15, 0.2) is 0 Å². The molecule has 0 spiro atoms. The van der Waals surface area contributed by atoms with Crippen molar-refractivity contribution in [2.24, 2.45) is 7.05 Å². The highest BCUT2D eigenvalue weighted by Crippen LogP contribution is 2.29. The molecule has 6 nitrogen and oxygen atoms in total. The number of thiophene rings is 1. The molecule has 14 aromatic rings. The molecule has 534 valence electrons. The average Bonchev–Trinajstić information content (AvgIpc) is 1.66.